The van der Waals surface area contributed by atoms with Crippen molar-refractivity contribution in [3.63, 3.8) is 0 Å². The van der Waals surface area contributed by atoms with Crippen molar-refractivity contribution in [2.24, 2.45) is 0 Å². The third-order valence-corrected chi connectivity index (χ3v) is 17.8. The summed E-state index contributed by atoms with van der Waals surface area (Å²) in [5, 5.41) is 8.09. The number of hydrogen-bond donors (Lipinski definition) is 1. The maximum atomic E-state index is 4.66. The van der Waals surface area contributed by atoms with E-state index in [1.165, 1.54) is 31.8 Å². The van der Waals surface area contributed by atoms with E-state index in [1.54, 1.807) is 0 Å². The molecule has 0 aromatic heterocycles. The molecule has 0 bridgehead atoms. The van der Waals surface area contributed by atoms with Crippen LogP contribution in [0.2, 0.25) is 0 Å². The van der Waals surface area contributed by atoms with Crippen molar-refractivity contribution in [1.82, 2.24) is 4.86 Å². The van der Waals surface area contributed by atoms with Crippen molar-refractivity contribution in [2.75, 3.05) is 0 Å². The van der Waals surface area contributed by atoms with Crippen LogP contribution >= 0.6 is 31.8 Å². The van der Waals surface area contributed by atoms with Crippen LogP contribution in [0.4, 0.5) is 0 Å². The van der Waals surface area contributed by atoms with Gasteiger partial charge in [0.05, 0.1) is 0 Å². The normalized spacial score (nSPS) is 12.2. The first kappa shape index (κ1) is 28.2. The molecule has 0 aliphatic heterocycles. The van der Waals surface area contributed by atoms with Gasteiger partial charge in [0.1, 0.15) is 0 Å². The number of halogens is 1. The molecule has 1 nitrogen and oxygen atoms in total. The molecule has 0 saturated carbocycles. The predicted octanol–water partition coefficient (Wildman–Crippen LogP) is 6.44. The predicted molar refractivity (Wildman–Crippen MR) is 187 cm³/mol. The van der Waals surface area contributed by atoms with Crippen LogP contribution < -0.4 is 36.7 Å². The second-order valence-corrected chi connectivity index (χ2v) is 17.3. The van der Waals surface area contributed by atoms with Gasteiger partial charge in [0.25, 0.3) is 0 Å². The van der Waals surface area contributed by atoms with Crippen LogP contribution in [0.1, 0.15) is 0 Å². The van der Waals surface area contributed by atoms with E-state index in [-0.39, 0.29) is 17.0 Å². The molecule has 1 N–H and O–H groups in total. The molecule has 0 fully saturated rings. The van der Waals surface area contributed by atoms with Gasteiger partial charge in [0.15, 0.2) is 0 Å². The maximum absolute atomic E-state index is 4.66. The van der Waals surface area contributed by atoms with Gasteiger partial charge in [-0.15, -0.1) is 17.0 Å². The fraction of sp³-hybridized carbons (Fsp3) is 0. The van der Waals surface area contributed by atoms with E-state index in [9.17, 15) is 0 Å². The summed E-state index contributed by atoms with van der Waals surface area (Å²) in [6, 6.07) is 66.7. The molecule has 4 heteroatoms. The quantitative estimate of drug-likeness (QED) is 0.193. The molecule has 0 amide bonds. The van der Waals surface area contributed by atoms with Gasteiger partial charge in [-0.2, -0.15) is 0 Å². The summed E-state index contributed by atoms with van der Waals surface area (Å²) in [4.78, 5) is 4.66. The van der Waals surface area contributed by atoms with Crippen LogP contribution in [0.5, 0.6) is 0 Å². The zero-order chi connectivity index (χ0) is 26.4. The Bertz CT molecular complexity index is 1280. The van der Waals surface area contributed by atoms with E-state index in [4.69, 9.17) is 0 Å². The Labute approximate surface area is 249 Å². The topological polar surface area (TPSA) is 12.0 Å². The van der Waals surface area contributed by atoms with E-state index >= 15 is 0 Å². The molecule has 0 saturated heterocycles. The number of benzene rings is 6. The van der Waals surface area contributed by atoms with Crippen molar-refractivity contribution in [3.05, 3.63) is 182 Å². The summed E-state index contributed by atoms with van der Waals surface area (Å²) in [5.74, 6) is 0. The van der Waals surface area contributed by atoms with Crippen molar-refractivity contribution in [2.45, 2.75) is 0 Å². The van der Waals surface area contributed by atoms with E-state index in [0.29, 0.717) is 0 Å². The van der Waals surface area contributed by atoms with Gasteiger partial charge in [-0.3, -0.25) is 0 Å². The van der Waals surface area contributed by atoms with E-state index in [1.807, 2.05) is 0 Å². The molecule has 0 aliphatic carbocycles. The molecule has 6 aromatic rings. The van der Waals surface area contributed by atoms with Gasteiger partial charge in [-0.05, 0) is 0 Å². The fourth-order valence-electron chi connectivity index (χ4n) is 5.84. The summed E-state index contributed by atoms with van der Waals surface area (Å²) in [6.07, 6.45) is 0. The average molecular weight is 623 g/mol. The number of rotatable bonds is 8. The zero-order valence-corrected chi connectivity index (χ0v) is 25.9. The summed E-state index contributed by atoms with van der Waals surface area (Å²) in [7, 11) is -5.59. The molecule has 6 aromatic carbocycles. The van der Waals surface area contributed by atoms with Crippen molar-refractivity contribution < 1.29 is 0 Å². The summed E-state index contributed by atoms with van der Waals surface area (Å²) in [6.45, 7) is 0. The molecule has 0 radical (unpaired) electrons. The first-order chi connectivity index (χ1) is 19.3. The van der Waals surface area contributed by atoms with Crippen LogP contribution in [-0.4, -0.2) is 0 Å². The molecule has 0 spiro atoms. The molecule has 0 unspecified atom stereocenters. The van der Waals surface area contributed by atoms with Gasteiger partial charge in [-0.25, -0.2) is 0 Å². The minimum atomic E-state index is -2.80. The van der Waals surface area contributed by atoms with Crippen molar-refractivity contribution >= 4 is 63.6 Å². The van der Waals surface area contributed by atoms with Crippen LogP contribution in [0.3, 0.4) is 0 Å². The van der Waals surface area contributed by atoms with Crippen LogP contribution in [0.15, 0.2) is 182 Å². The molecule has 6 rings (SSSR count). The Morgan fingerprint density at radius 3 is 0.550 bits per heavy atom. The standard InChI is InChI=1S/C36H33NP2.BrH/c1-7-19-31(20-8-1)38(32-21-9-2-10-22-32,33-23-11-3-12-24-33)37-39(34-25-13-4-14-26-34,35-27-15-5-16-28-35)36-29-17-6-18-30-36;/h1-30,37-39H;1H. The average Bonchev–Trinajstić information content (AvgIpc) is 3.04. The second kappa shape index (κ2) is 12.9. The summed E-state index contributed by atoms with van der Waals surface area (Å²) in [5.41, 5.74) is 0. The second-order valence-electron chi connectivity index (χ2n) is 9.82. The Morgan fingerprint density at radius 1 is 0.250 bits per heavy atom. The Hall–Kier alpha value is -3.38. The Balaban J connectivity index is 0.00000323. The molecular weight excluding hydrogens is 588 g/mol. The zero-order valence-electron chi connectivity index (χ0n) is 22.2. The summed E-state index contributed by atoms with van der Waals surface area (Å²) >= 11 is 0. The molecule has 0 atom stereocenters. The van der Waals surface area contributed by atoms with Gasteiger partial charge < -0.3 is 0 Å². The molecule has 40 heavy (non-hydrogen) atoms. The first-order valence-electron chi connectivity index (χ1n) is 13.5. The molecular formula is C36H34BrNP2. The molecule has 200 valence electrons. The number of hydrogen-bond acceptors (Lipinski definition) is 1. The van der Waals surface area contributed by atoms with Gasteiger partial charge in [0, 0.05) is 0 Å². The van der Waals surface area contributed by atoms with Gasteiger partial charge >= 0.3 is 234 Å². The summed E-state index contributed by atoms with van der Waals surface area (Å²) < 4.78 is 0. The fourth-order valence-corrected chi connectivity index (χ4v) is 17.7. The number of nitrogens with one attached hydrogen (secondary N) is 1. The Morgan fingerprint density at radius 2 is 0.400 bits per heavy atom. The van der Waals surface area contributed by atoms with Crippen LogP contribution in [0, 0.1) is 0 Å². The van der Waals surface area contributed by atoms with Gasteiger partial charge in [-0.1, -0.05) is 0 Å². The minimum absolute atomic E-state index is 0. The molecule has 0 aliphatic rings. The van der Waals surface area contributed by atoms with Crippen LogP contribution in [-0.2, 0) is 0 Å². The monoisotopic (exact) mass is 621 g/mol. The van der Waals surface area contributed by atoms with E-state index in [2.05, 4.69) is 187 Å². The van der Waals surface area contributed by atoms with Gasteiger partial charge in [0.2, 0.25) is 0 Å². The van der Waals surface area contributed by atoms with Crippen LogP contribution in [0.25, 0.3) is 0 Å². The first-order valence-corrected chi connectivity index (χ1v) is 17.5. The van der Waals surface area contributed by atoms with Crippen molar-refractivity contribution in [1.29, 1.82) is 0 Å². The molecule has 0 heterocycles. The third kappa shape index (κ3) is 5.22. The SMILES string of the molecule is Br.c1ccc([PH](N[PH](c2ccccc2)(c2ccccc2)c2ccccc2)(c2ccccc2)c2ccccc2)cc1. The van der Waals surface area contributed by atoms with E-state index < -0.39 is 14.8 Å². The third-order valence-electron chi connectivity index (χ3n) is 7.62. The Kier molecular flexibility index (Phi) is 9.05. The van der Waals surface area contributed by atoms with Crippen molar-refractivity contribution in [3.8, 4) is 0 Å². The van der Waals surface area contributed by atoms with E-state index in [0.717, 1.165) is 0 Å².